The Morgan fingerprint density at radius 3 is 2.82 bits per heavy atom. The van der Waals surface area contributed by atoms with E-state index in [0.717, 1.165) is 0 Å². The van der Waals surface area contributed by atoms with Crippen molar-refractivity contribution < 1.29 is 9.50 Å². The van der Waals surface area contributed by atoms with Crippen LogP contribution in [0.15, 0.2) is 28.0 Å². The number of nitrogens with one attached hydrogen (secondary N) is 1. The Balaban J connectivity index is 2.87. The number of H-pyrrole nitrogens is 1. The van der Waals surface area contributed by atoms with E-state index in [-0.39, 0.29) is 5.69 Å². The number of aromatic amines is 1. The highest BCUT2D eigenvalue weighted by molar-refractivity contribution is 5.39. The minimum absolute atomic E-state index is 0.199. The molecule has 0 bridgehead atoms. The highest BCUT2D eigenvalue weighted by Crippen LogP contribution is 2.16. The van der Waals surface area contributed by atoms with Crippen LogP contribution in [0.4, 0.5) is 4.39 Å². The van der Waals surface area contributed by atoms with E-state index in [2.05, 4.69) is 4.98 Å². The Kier molecular flexibility index (Phi) is 2.51. The van der Waals surface area contributed by atoms with Crippen LogP contribution in [0.3, 0.4) is 0 Å². The zero-order valence-corrected chi connectivity index (χ0v) is 8.77. The van der Waals surface area contributed by atoms with E-state index < -0.39 is 22.9 Å². The van der Waals surface area contributed by atoms with Gasteiger partial charge in [0.05, 0.1) is 11.9 Å². The smallest absolute Gasteiger partial charge is 0.336 e. The van der Waals surface area contributed by atoms with E-state index >= 15 is 0 Å². The Morgan fingerprint density at radius 1 is 1.47 bits per heavy atom. The molecule has 2 rings (SSSR count). The van der Waals surface area contributed by atoms with Crippen molar-refractivity contribution in [3.63, 3.8) is 0 Å². The second-order valence-electron chi connectivity index (χ2n) is 3.39. The molecular formula is C10H8FN3O3. The van der Waals surface area contributed by atoms with Crippen molar-refractivity contribution >= 4 is 0 Å². The predicted molar refractivity (Wildman–Crippen MR) is 56.8 cm³/mol. The summed E-state index contributed by atoms with van der Waals surface area (Å²) in [6.07, 6.45) is 2.77. The van der Waals surface area contributed by atoms with Crippen molar-refractivity contribution in [1.82, 2.24) is 14.5 Å². The summed E-state index contributed by atoms with van der Waals surface area (Å²) in [6.45, 7) is 1.66. The summed E-state index contributed by atoms with van der Waals surface area (Å²) in [6, 6.07) is 1.59. The van der Waals surface area contributed by atoms with Crippen LogP contribution in [0.1, 0.15) is 5.56 Å². The minimum Gasteiger partial charge on any atom is -0.492 e. The molecule has 2 N–H and O–H groups in total. The van der Waals surface area contributed by atoms with Gasteiger partial charge in [-0.05, 0) is 18.6 Å². The molecule has 0 radical (unpaired) electrons. The van der Waals surface area contributed by atoms with E-state index in [4.69, 9.17) is 0 Å². The number of hydrogen-bond donors (Lipinski definition) is 2. The van der Waals surface area contributed by atoms with Crippen LogP contribution in [0.2, 0.25) is 0 Å². The summed E-state index contributed by atoms with van der Waals surface area (Å²) >= 11 is 0. The van der Waals surface area contributed by atoms with Gasteiger partial charge < -0.3 is 5.11 Å². The molecule has 2 heterocycles. The summed E-state index contributed by atoms with van der Waals surface area (Å²) < 4.78 is 13.9. The molecule has 6 nitrogen and oxygen atoms in total. The standard InChI is InChI=1S/C10H8FN3O3/c1-5-2-3-12-4-6(5)14-9(16)7(11)8(15)13-10(14)17/h2-4,16H,1H3,(H,13,15,17). The average Bonchev–Trinajstić information content (AvgIpc) is 2.29. The Bertz CT molecular complexity index is 690. The van der Waals surface area contributed by atoms with Crippen LogP contribution in [0.25, 0.3) is 5.69 Å². The third-order valence-corrected chi connectivity index (χ3v) is 2.28. The van der Waals surface area contributed by atoms with Crippen molar-refractivity contribution in [2.45, 2.75) is 6.92 Å². The first kappa shape index (κ1) is 11.1. The van der Waals surface area contributed by atoms with Crippen LogP contribution in [-0.2, 0) is 0 Å². The van der Waals surface area contributed by atoms with Crippen molar-refractivity contribution in [2.75, 3.05) is 0 Å². The molecule has 0 amide bonds. The molecule has 0 saturated heterocycles. The summed E-state index contributed by atoms with van der Waals surface area (Å²) in [4.78, 5) is 28.0. The predicted octanol–water partition coefficient (Wildman–Crippen LogP) is 0.0739. The lowest BCUT2D eigenvalue weighted by Crippen LogP contribution is -2.31. The Morgan fingerprint density at radius 2 is 2.18 bits per heavy atom. The molecule has 0 aliphatic carbocycles. The first-order valence-corrected chi connectivity index (χ1v) is 4.67. The van der Waals surface area contributed by atoms with Crippen molar-refractivity contribution in [1.29, 1.82) is 0 Å². The van der Waals surface area contributed by atoms with Gasteiger partial charge in [0.15, 0.2) is 0 Å². The number of pyridine rings is 1. The lowest BCUT2D eigenvalue weighted by atomic mass is 10.2. The molecule has 88 valence electrons. The van der Waals surface area contributed by atoms with Crippen LogP contribution in [0, 0.1) is 12.7 Å². The van der Waals surface area contributed by atoms with E-state index in [9.17, 15) is 19.1 Å². The second kappa shape index (κ2) is 3.85. The molecule has 0 atom stereocenters. The van der Waals surface area contributed by atoms with Gasteiger partial charge in [-0.1, -0.05) is 0 Å². The number of hydrogen-bond acceptors (Lipinski definition) is 4. The molecule has 0 unspecified atom stereocenters. The molecule has 2 aromatic heterocycles. The van der Waals surface area contributed by atoms with Gasteiger partial charge in [0.1, 0.15) is 0 Å². The maximum Gasteiger partial charge on any atom is 0.336 e. The SMILES string of the molecule is Cc1ccncc1-n1c(O)c(F)c(=O)[nH]c1=O. The van der Waals surface area contributed by atoms with Crippen molar-refractivity contribution in [3.8, 4) is 11.6 Å². The van der Waals surface area contributed by atoms with Crippen molar-refractivity contribution in [2.24, 2.45) is 0 Å². The van der Waals surface area contributed by atoms with Gasteiger partial charge in [-0.25, -0.2) is 9.36 Å². The quantitative estimate of drug-likeness (QED) is 0.734. The highest BCUT2D eigenvalue weighted by Gasteiger charge is 2.16. The zero-order chi connectivity index (χ0) is 12.6. The van der Waals surface area contributed by atoms with Crippen LogP contribution in [-0.4, -0.2) is 19.6 Å². The number of nitrogens with zero attached hydrogens (tertiary/aromatic N) is 2. The fraction of sp³-hybridized carbons (Fsp3) is 0.100. The Hall–Kier alpha value is -2.44. The lowest BCUT2D eigenvalue weighted by Gasteiger charge is -2.09. The zero-order valence-electron chi connectivity index (χ0n) is 8.77. The molecule has 17 heavy (non-hydrogen) atoms. The fourth-order valence-electron chi connectivity index (χ4n) is 1.42. The second-order valence-corrected chi connectivity index (χ2v) is 3.39. The average molecular weight is 237 g/mol. The summed E-state index contributed by atoms with van der Waals surface area (Å²) in [5, 5.41) is 9.48. The van der Waals surface area contributed by atoms with Gasteiger partial charge >= 0.3 is 5.69 Å². The molecule has 0 spiro atoms. The van der Waals surface area contributed by atoms with Gasteiger partial charge in [0, 0.05) is 6.20 Å². The molecule has 0 aliphatic rings. The molecule has 2 aromatic rings. The molecule has 0 aliphatic heterocycles. The largest absolute Gasteiger partial charge is 0.492 e. The highest BCUT2D eigenvalue weighted by atomic mass is 19.1. The first-order chi connectivity index (χ1) is 8.02. The number of aryl methyl sites for hydroxylation is 1. The van der Waals surface area contributed by atoms with Gasteiger partial charge in [0.25, 0.3) is 5.56 Å². The molecule has 7 heteroatoms. The third-order valence-electron chi connectivity index (χ3n) is 2.28. The maximum atomic E-state index is 13.2. The van der Waals surface area contributed by atoms with E-state index in [1.54, 1.807) is 18.0 Å². The van der Waals surface area contributed by atoms with Gasteiger partial charge in [-0.15, -0.1) is 0 Å². The number of rotatable bonds is 1. The molecule has 0 aromatic carbocycles. The summed E-state index contributed by atoms with van der Waals surface area (Å²) in [5.41, 5.74) is -1.38. The summed E-state index contributed by atoms with van der Waals surface area (Å²) in [5.74, 6) is -2.44. The fourth-order valence-corrected chi connectivity index (χ4v) is 1.42. The molecule has 0 fully saturated rings. The summed E-state index contributed by atoms with van der Waals surface area (Å²) in [7, 11) is 0. The van der Waals surface area contributed by atoms with E-state index in [0.29, 0.717) is 10.1 Å². The number of halogens is 1. The minimum atomic E-state index is -1.41. The normalized spacial score (nSPS) is 10.5. The third kappa shape index (κ3) is 1.71. The first-order valence-electron chi connectivity index (χ1n) is 4.67. The Labute approximate surface area is 94.0 Å². The van der Waals surface area contributed by atoms with Crippen LogP contribution >= 0.6 is 0 Å². The molecule has 0 saturated carbocycles. The van der Waals surface area contributed by atoms with Gasteiger partial charge in [-0.3, -0.25) is 14.8 Å². The van der Waals surface area contributed by atoms with Crippen LogP contribution < -0.4 is 11.2 Å². The monoisotopic (exact) mass is 237 g/mol. The van der Waals surface area contributed by atoms with E-state index in [1.807, 2.05) is 0 Å². The van der Waals surface area contributed by atoms with Gasteiger partial charge in [-0.2, -0.15) is 4.39 Å². The number of aromatic nitrogens is 3. The number of aromatic hydroxyl groups is 1. The topological polar surface area (TPSA) is 88.0 Å². The van der Waals surface area contributed by atoms with Crippen LogP contribution in [0.5, 0.6) is 5.88 Å². The molecular weight excluding hydrogens is 229 g/mol. The van der Waals surface area contributed by atoms with Crippen molar-refractivity contribution in [3.05, 3.63) is 50.7 Å². The van der Waals surface area contributed by atoms with Gasteiger partial charge in [0.2, 0.25) is 11.7 Å². The lowest BCUT2D eigenvalue weighted by molar-refractivity contribution is 0.385. The maximum absolute atomic E-state index is 13.2. The van der Waals surface area contributed by atoms with E-state index in [1.165, 1.54) is 12.4 Å².